The van der Waals surface area contributed by atoms with Gasteiger partial charge in [-0.25, -0.2) is 0 Å². The van der Waals surface area contributed by atoms with Crippen LogP contribution in [-0.4, -0.2) is 47.3 Å². The van der Waals surface area contributed by atoms with Crippen LogP contribution in [0.5, 0.6) is 0 Å². The molecule has 2 aliphatic rings. The van der Waals surface area contributed by atoms with E-state index in [-0.39, 0.29) is 17.9 Å². The van der Waals surface area contributed by atoms with Gasteiger partial charge in [-0.2, -0.15) is 0 Å². The van der Waals surface area contributed by atoms with Gasteiger partial charge in [-0.3, -0.25) is 9.59 Å². The molecule has 0 aromatic rings. The van der Waals surface area contributed by atoms with Gasteiger partial charge in [0.2, 0.25) is 11.8 Å². The summed E-state index contributed by atoms with van der Waals surface area (Å²) < 4.78 is 0. The molecule has 1 atom stereocenters. The van der Waals surface area contributed by atoms with Gasteiger partial charge in [-0.1, -0.05) is 5.92 Å². The Balaban J connectivity index is 2.16. The van der Waals surface area contributed by atoms with E-state index in [1.807, 2.05) is 0 Å². The fourth-order valence-corrected chi connectivity index (χ4v) is 2.51. The summed E-state index contributed by atoms with van der Waals surface area (Å²) in [6.07, 6.45) is 3.30. The quantitative estimate of drug-likeness (QED) is 0.624. The van der Waals surface area contributed by atoms with Gasteiger partial charge >= 0.3 is 0 Å². The van der Waals surface area contributed by atoms with Gasteiger partial charge in [0, 0.05) is 19.5 Å². The lowest BCUT2D eigenvalue weighted by Crippen LogP contribution is -2.49. The molecule has 2 saturated heterocycles. The highest BCUT2D eigenvalue weighted by molar-refractivity contribution is 5.90. The number of hydrogen-bond acceptors (Lipinski definition) is 2. The molecule has 17 heavy (non-hydrogen) atoms. The molecule has 4 heteroatoms. The van der Waals surface area contributed by atoms with Crippen LogP contribution < -0.4 is 0 Å². The van der Waals surface area contributed by atoms with Crippen molar-refractivity contribution in [3.63, 3.8) is 0 Å². The second-order valence-corrected chi connectivity index (χ2v) is 4.54. The number of piperidine rings is 1. The fraction of sp³-hybridized carbons (Fsp3) is 0.692. The van der Waals surface area contributed by atoms with Gasteiger partial charge < -0.3 is 9.80 Å². The van der Waals surface area contributed by atoms with Crippen LogP contribution in [0.2, 0.25) is 0 Å². The summed E-state index contributed by atoms with van der Waals surface area (Å²) in [5, 5.41) is 0. The summed E-state index contributed by atoms with van der Waals surface area (Å²) in [7, 11) is 0. The van der Waals surface area contributed by atoms with Crippen LogP contribution in [0.4, 0.5) is 0 Å². The van der Waals surface area contributed by atoms with Crippen LogP contribution in [0.1, 0.15) is 32.6 Å². The maximum absolute atomic E-state index is 12.3. The van der Waals surface area contributed by atoms with Crippen molar-refractivity contribution in [2.45, 2.75) is 38.6 Å². The Hall–Kier alpha value is -1.50. The van der Waals surface area contributed by atoms with Crippen molar-refractivity contribution in [3.05, 3.63) is 0 Å². The van der Waals surface area contributed by atoms with Gasteiger partial charge in [0.1, 0.15) is 6.04 Å². The Morgan fingerprint density at radius 3 is 2.88 bits per heavy atom. The van der Waals surface area contributed by atoms with Crippen LogP contribution in [0.3, 0.4) is 0 Å². The molecule has 2 fully saturated rings. The molecule has 4 nitrogen and oxygen atoms in total. The van der Waals surface area contributed by atoms with Gasteiger partial charge in [-0.15, -0.1) is 5.92 Å². The topological polar surface area (TPSA) is 40.6 Å². The van der Waals surface area contributed by atoms with Gasteiger partial charge in [0.05, 0.1) is 6.54 Å². The van der Waals surface area contributed by atoms with Crippen molar-refractivity contribution < 1.29 is 9.59 Å². The minimum atomic E-state index is -0.225. The zero-order chi connectivity index (χ0) is 12.3. The number of fused-ring (bicyclic) bond motifs is 1. The molecule has 0 aromatic carbocycles. The highest BCUT2D eigenvalue weighted by Gasteiger charge is 2.37. The molecule has 2 aliphatic heterocycles. The summed E-state index contributed by atoms with van der Waals surface area (Å²) in [6, 6.07) is -0.225. The molecule has 0 aromatic heterocycles. The number of nitrogens with zero attached hydrogens (tertiary/aromatic N) is 2. The molecule has 92 valence electrons. The smallest absolute Gasteiger partial charge is 0.246 e. The molecule has 0 N–H and O–H groups in total. The molecule has 2 heterocycles. The largest absolute Gasteiger partial charge is 0.331 e. The predicted octanol–water partition coefficient (Wildman–Crippen LogP) is 0.623. The van der Waals surface area contributed by atoms with E-state index in [0.717, 1.165) is 25.8 Å². The molecule has 0 saturated carbocycles. The second-order valence-electron chi connectivity index (χ2n) is 4.54. The Bertz CT molecular complexity index is 381. The number of carbonyl (C=O) groups excluding carboxylic acids is 2. The van der Waals surface area contributed by atoms with Crippen LogP contribution >= 0.6 is 0 Å². The van der Waals surface area contributed by atoms with Crippen molar-refractivity contribution in [2.75, 3.05) is 19.6 Å². The van der Waals surface area contributed by atoms with Gasteiger partial charge in [0.25, 0.3) is 0 Å². The van der Waals surface area contributed by atoms with E-state index in [9.17, 15) is 9.59 Å². The summed E-state index contributed by atoms with van der Waals surface area (Å²) in [5.41, 5.74) is 0. The highest BCUT2D eigenvalue weighted by Crippen LogP contribution is 2.22. The van der Waals surface area contributed by atoms with Crippen LogP contribution in [0.25, 0.3) is 0 Å². The monoisotopic (exact) mass is 234 g/mol. The first-order chi connectivity index (χ1) is 8.24. The molecule has 0 spiro atoms. The Labute approximate surface area is 102 Å². The van der Waals surface area contributed by atoms with Crippen molar-refractivity contribution in [2.24, 2.45) is 0 Å². The highest BCUT2D eigenvalue weighted by atomic mass is 16.2. The van der Waals surface area contributed by atoms with Crippen molar-refractivity contribution in [1.82, 2.24) is 9.80 Å². The number of amides is 2. The number of carbonyl (C=O) groups is 2. The predicted molar refractivity (Wildman–Crippen MR) is 64.0 cm³/mol. The summed E-state index contributed by atoms with van der Waals surface area (Å²) >= 11 is 0. The number of hydrogen-bond donors (Lipinski definition) is 0. The number of rotatable bonds is 1. The first kappa shape index (κ1) is 12.0. The third-order valence-electron chi connectivity index (χ3n) is 3.46. The zero-order valence-corrected chi connectivity index (χ0v) is 10.2. The average molecular weight is 234 g/mol. The lowest BCUT2D eigenvalue weighted by Gasteiger charge is -2.34. The normalized spacial score (nSPS) is 24.9. The van der Waals surface area contributed by atoms with Gasteiger partial charge in [-0.05, 0) is 26.2 Å². The van der Waals surface area contributed by atoms with Crippen LogP contribution in [0, 0.1) is 11.8 Å². The van der Waals surface area contributed by atoms with Crippen molar-refractivity contribution >= 4 is 11.8 Å². The van der Waals surface area contributed by atoms with Crippen molar-refractivity contribution in [1.29, 1.82) is 0 Å². The lowest BCUT2D eigenvalue weighted by molar-refractivity contribution is -0.142. The molecule has 0 radical (unpaired) electrons. The molecule has 2 rings (SSSR count). The molecule has 0 aliphatic carbocycles. The van der Waals surface area contributed by atoms with E-state index in [4.69, 9.17) is 0 Å². The standard InChI is InChI=1S/C13H18N2O2/c1-2-3-8-14-10-7-12(16)15-9-5-4-6-11(15)13(14)17/h11H,4-10H2,1H3. The fourth-order valence-electron chi connectivity index (χ4n) is 2.51. The molecule has 1 unspecified atom stereocenters. The molecular weight excluding hydrogens is 216 g/mol. The lowest BCUT2D eigenvalue weighted by atomic mass is 10.0. The van der Waals surface area contributed by atoms with E-state index in [0.29, 0.717) is 19.5 Å². The SMILES string of the molecule is CC#CCN1CCC(=O)N2CCCCC2C1=O. The van der Waals surface area contributed by atoms with E-state index >= 15 is 0 Å². The van der Waals surface area contributed by atoms with Crippen LogP contribution in [0.15, 0.2) is 0 Å². The summed E-state index contributed by atoms with van der Waals surface area (Å²) in [5.74, 6) is 5.91. The van der Waals surface area contributed by atoms with E-state index in [1.54, 1.807) is 16.7 Å². The maximum Gasteiger partial charge on any atom is 0.246 e. The van der Waals surface area contributed by atoms with Gasteiger partial charge in [0.15, 0.2) is 0 Å². The second kappa shape index (κ2) is 5.22. The third kappa shape index (κ3) is 2.44. The van der Waals surface area contributed by atoms with E-state index in [2.05, 4.69) is 11.8 Å². The summed E-state index contributed by atoms with van der Waals surface area (Å²) in [4.78, 5) is 27.7. The summed E-state index contributed by atoms with van der Waals surface area (Å²) in [6.45, 7) is 3.47. The Morgan fingerprint density at radius 2 is 2.12 bits per heavy atom. The first-order valence-electron chi connectivity index (χ1n) is 6.22. The minimum Gasteiger partial charge on any atom is -0.331 e. The zero-order valence-electron chi connectivity index (χ0n) is 10.2. The molecular formula is C13H18N2O2. The molecule has 0 bridgehead atoms. The van der Waals surface area contributed by atoms with E-state index in [1.165, 1.54) is 0 Å². The first-order valence-corrected chi connectivity index (χ1v) is 6.22. The molecule has 2 amide bonds. The van der Waals surface area contributed by atoms with Crippen LogP contribution in [-0.2, 0) is 9.59 Å². The van der Waals surface area contributed by atoms with Crippen molar-refractivity contribution in [3.8, 4) is 11.8 Å². The average Bonchev–Trinajstić information content (AvgIpc) is 2.48. The Kier molecular flexibility index (Phi) is 3.68. The minimum absolute atomic E-state index is 0.0818. The third-order valence-corrected chi connectivity index (χ3v) is 3.46. The van der Waals surface area contributed by atoms with E-state index < -0.39 is 0 Å². The maximum atomic E-state index is 12.3. The Morgan fingerprint density at radius 1 is 1.29 bits per heavy atom.